The highest BCUT2D eigenvalue weighted by atomic mass is 19.1. The summed E-state index contributed by atoms with van der Waals surface area (Å²) in [4.78, 5) is 20.9. The Morgan fingerprint density at radius 3 is 2.89 bits per heavy atom. The van der Waals surface area contributed by atoms with Crippen molar-refractivity contribution < 1.29 is 18.8 Å². The van der Waals surface area contributed by atoms with E-state index < -0.39 is 10.7 Å². The Morgan fingerprint density at radius 1 is 1.56 bits per heavy atom. The Morgan fingerprint density at radius 2 is 2.28 bits per heavy atom. The molecule has 0 spiro atoms. The summed E-state index contributed by atoms with van der Waals surface area (Å²) in [5.41, 5.74) is -0.295. The molecule has 0 aliphatic carbocycles. The van der Waals surface area contributed by atoms with E-state index in [0.29, 0.717) is 6.42 Å². The highest BCUT2D eigenvalue weighted by Gasteiger charge is 2.15. The van der Waals surface area contributed by atoms with E-state index in [-0.39, 0.29) is 30.4 Å². The molecular weight excluding hydrogens is 243 g/mol. The van der Waals surface area contributed by atoms with Gasteiger partial charge in [0.2, 0.25) is 5.91 Å². The molecule has 7 heteroatoms. The normalized spacial score (nSPS) is 9.89. The summed E-state index contributed by atoms with van der Waals surface area (Å²) in [5.74, 6) is -0.883. The summed E-state index contributed by atoms with van der Waals surface area (Å²) in [6, 6.07) is 3.00. The van der Waals surface area contributed by atoms with E-state index in [0.717, 1.165) is 18.2 Å². The maximum absolute atomic E-state index is 12.9. The Kier molecular flexibility index (Phi) is 5.04. The zero-order chi connectivity index (χ0) is 13.5. The second kappa shape index (κ2) is 6.53. The number of carbonyl (C=O) groups is 1. The van der Waals surface area contributed by atoms with Crippen LogP contribution in [0.3, 0.4) is 0 Å². The van der Waals surface area contributed by atoms with Crippen LogP contribution in [-0.4, -0.2) is 24.5 Å². The average Bonchev–Trinajstić information content (AvgIpc) is 2.34. The van der Waals surface area contributed by atoms with Crippen molar-refractivity contribution >= 4 is 11.6 Å². The van der Waals surface area contributed by atoms with Crippen LogP contribution in [0.2, 0.25) is 0 Å². The second-order valence-electron chi connectivity index (χ2n) is 3.49. The van der Waals surface area contributed by atoms with Gasteiger partial charge in [-0.05, 0) is 12.5 Å². The zero-order valence-electron chi connectivity index (χ0n) is 9.81. The minimum absolute atomic E-state index is 0.109. The van der Waals surface area contributed by atoms with Crippen molar-refractivity contribution in [2.24, 2.45) is 0 Å². The van der Waals surface area contributed by atoms with Gasteiger partial charge in [-0.2, -0.15) is 0 Å². The zero-order valence-corrected chi connectivity index (χ0v) is 9.81. The maximum Gasteiger partial charge on any atom is 0.311 e. The number of hydrogen-bond acceptors (Lipinski definition) is 4. The van der Waals surface area contributed by atoms with Gasteiger partial charge in [0.05, 0.1) is 11.5 Å². The van der Waals surface area contributed by atoms with E-state index in [1.807, 2.05) is 0 Å². The third-order valence-corrected chi connectivity index (χ3v) is 2.20. The largest absolute Gasteiger partial charge is 0.487 e. The molecule has 0 bridgehead atoms. The first kappa shape index (κ1) is 13.9. The van der Waals surface area contributed by atoms with Crippen molar-refractivity contribution in [2.45, 2.75) is 12.8 Å². The molecule has 1 amide bonds. The lowest BCUT2D eigenvalue weighted by molar-refractivity contribution is -0.385. The fraction of sp³-hybridized carbons (Fsp3) is 0.364. The quantitative estimate of drug-likeness (QED) is 0.476. The van der Waals surface area contributed by atoms with Crippen LogP contribution in [0.15, 0.2) is 18.2 Å². The molecule has 1 rings (SSSR count). The molecule has 0 atom stereocenters. The van der Waals surface area contributed by atoms with Gasteiger partial charge < -0.3 is 10.1 Å². The number of nitrogens with one attached hydrogen (secondary N) is 1. The van der Waals surface area contributed by atoms with Gasteiger partial charge in [-0.15, -0.1) is 0 Å². The van der Waals surface area contributed by atoms with Crippen LogP contribution in [0, 0.1) is 15.9 Å². The first-order valence-corrected chi connectivity index (χ1v) is 5.32. The minimum Gasteiger partial charge on any atom is -0.487 e. The van der Waals surface area contributed by atoms with Crippen LogP contribution in [0.25, 0.3) is 0 Å². The number of carbonyl (C=O) groups excluding carboxylic acids is 1. The average molecular weight is 256 g/mol. The van der Waals surface area contributed by atoms with Crippen LogP contribution >= 0.6 is 0 Å². The highest BCUT2D eigenvalue weighted by Crippen LogP contribution is 2.27. The summed E-state index contributed by atoms with van der Waals surface area (Å²) in [7, 11) is 1.51. The van der Waals surface area contributed by atoms with E-state index >= 15 is 0 Å². The van der Waals surface area contributed by atoms with Gasteiger partial charge in [-0.25, -0.2) is 4.39 Å². The SMILES string of the molecule is CNC(=O)CCCOc1cc(F)ccc1[N+](=O)[O-]. The van der Waals surface area contributed by atoms with E-state index in [4.69, 9.17) is 4.74 Å². The number of nitrogens with zero attached hydrogens (tertiary/aromatic N) is 1. The lowest BCUT2D eigenvalue weighted by atomic mass is 10.3. The Balaban J connectivity index is 2.58. The van der Waals surface area contributed by atoms with Crippen molar-refractivity contribution in [3.8, 4) is 5.75 Å². The molecule has 0 aliphatic heterocycles. The summed E-state index contributed by atoms with van der Waals surface area (Å²) in [5, 5.41) is 13.1. The predicted octanol–water partition coefficient (Wildman–Crippen LogP) is 1.64. The van der Waals surface area contributed by atoms with Gasteiger partial charge in [0.25, 0.3) is 0 Å². The number of halogens is 1. The summed E-state index contributed by atoms with van der Waals surface area (Å²) >= 11 is 0. The monoisotopic (exact) mass is 256 g/mol. The number of benzene rings is 1. The van der Waals surface area contributed by atoms with Crippen LogP contribution in [0.1, 0.15) is 12.8 Å². The summed E-state index contributed by atoms with van der Waals surface area (Å²) in [6.45, 7) is 0.109. The molecule has 6 nitrogen and oxygen atoms in total. The predicted molar refractivity (Wildman–Crippen MR) is 61.9 cm³/mol. The Hall–Kier alpha value is -2.18. The second-order valence-corrected chi connectivity index (χ2v) is 3.49. The lowest BCUT2D eigenvalue weighted by Gasteiger charge is -2.06. The first-order valence-electron chi connectivity index (χ1n) is 5.32. The number of nitro benzene ring substituents is 1. The number of nitro groups is 1. The van der Waals surface area contributed by atoms with E-state index in [2.05, 4.69) is 5.32 Å². The van der Waals surface area contributed by atoms with E-state index in [9.17, 15) is 19.3 Å². The van der Waals surface area contributed by atoms with Crippen LogP contribution in [-0.2, 0) is 4.79 Å². The molecular formula is C11H13FN2O4. The van der Waals surface area contributed by atoms with Crippen molar-refractivity contribution in [3.63, 3.8) is 0 Å². The third kappa shape index (κ3) is 4.00. The topological polar surface area (TPSA) is 81.5 Å². The van der Waals surface area contributed by atoms with Crippen molar-refractivity contribution in [1.29, 1.82) is 0 Å². The summed E-state index contributed by atoms with van der Waals surface area (Å²) < 4.78 is 18.0. The molecule has 18 heavy (non-hydrogen) atoms. The van der Waals surface area contributed by atoms with Crippen molar-refractivity contribution in [2.75, 3.05) is 13.7 Å². The van der Waals surface area contributed by atoms with Crippen molar-refractivity contribution in [1.82, 2.24) is 5.32 Å². The number of ether oxygens (including phenoxy) is 1. The molecule has 1 N–H and O–H groups in total. The van der Waals surface area contributed by atoms with Gasteiger partial charge >= 0.3 is 5.69 Å². The number of amides is 1. The standard InChI is InChI=1S/C11H13FN2O4/c1-13-11(15)3-2-6-18-10-7-8(12)4-5-9(10)14(16)17/h4-5,7H,2-3,6H2,1H3,(H,13,15). The molecule has 0 saturated carbocycles. The molecule has 0 fully saturated rings. The molecule has 0 aliphatic rings. The highest BCUT2D eigenvalue weighted by molar-refractivity contribution is 5.75. The van der Waals surface area contributed by atoms with E-state index in [1.165, 1.54) is 7.05 Å². The van der Waals surface area contributed by atoms with E-state index in [1.54, 1.807) is 0 Å². The molecule has 0 aromatic heterocycles. The molecule has 0 saturated heterocycles. The van der Waals surface area contributed by atoms with Crippen LogP contribution in [0.4, 0.5) is 10.1 Å². The number of rotatable bonds is 6. The Labute approximate surface area is 103 Å². The smallest absolute Gasteiger partial charge is 0.311 e. The first-order chi connectivity index (χ1) is 8.54. The molecule has 0 heterocycles. The van der Waals surface area contributed by atoms with Gasteiger partial charge in [-0.1, -0.05) is 0 Å². The Bertz CT molecular complexity index is 451. The fourth-order valence-electron chi connectivity index (χ4n) is 1.29. The maximum atomic E-state index is 12.9. The molecule has 1 aromatic carbocycles. The van der Waals surface area contributed by atoms with Crippen LogP contribution in [0.5, 0.6) is 5.75 Å². The van der Waals surface area contributed by atoms with Gasteiger partial charge in [0, 0.05) is 25.6 Å². The van der Waals surface area contributed by atoms with Crippen molar-refractivity contribution in [3.05, 3.63) is 34.1 Å². The molecule has 0 unspecified atom stereocenters. The molecule has 0 radical (unpaired) electrons. The fourth-order valence-corrected chi connectivity index (χ4v) is 1.29. The van der Waals surface area contributed by atoms with Gasteiger partial charge in [0.1, 0.15) is 5.82 Å². The van der Waals surface area contributed by atoms with Crippen LogP contribution < -0.4 is 10.1 Å². The van der Waals surface area contributed by atoms with Gasteiger partial charge in [0.15, 0.2) is 5.75 Å². The minimum atomic E-state index is -0.645. The third-order valence-electron chi connectivity index (χ3n) is 2.20. The number of hydrogen-bond donors (Lipinski definition) is 1. The summed E-state index contributed by atoms with van der Waals surface area (Å²) in [6.07, 6.45) is 0.646. The van der Waals surface area contributed by atoms with Gasteiger partial charge in [-0.3, -0.25) is 14.9 Å². The lowest BCUT2D eigenvalue weighted by Crippen LogP contribution is -2.18. The molecule has 1 aromatic rings. The molecule has 98 valence electrons.